The van der Waals surface area contributed by atoms with Crippen LogP contribution in [0.2, 0.25) is 0 Å². The molecule has 23 nitrogen and oxygen atoms in total. The summed E-state index contributed by atoms with van der Waals surface area (Å²) >= 11 is 0. The average molecular weight is 930 g/mol. The van der Waals surface area contributed by atoms with Crippen LogP contribution < -0.4 is 49.1 Å². The van der Waals surface area contributed by atoms with Crippen molar-refractivity contribution in [1.82, 2.24) is 31.9 Å². The van der Waals surface area contributed by atoms with Gasteiger partial charge in [-0.25, -0.2) is 4.79 Å². The Morgan fingerprint density at radius 1 is 0.492 bits per heavy atom. The van der Waals surface area contributed by atoms with Crippen LogP contribution in [0.15, 0.2) is 0 Å². The maximum Gasteiger partial charge on any atom is 0.328 e. The highest BCUT2D eigenvalue weighted by Gasteiger charge is 2.34. The minimum absolute atomic E-state index is 0.0753. The maximum absolute atomic E-state index is 13.5. The SMILES string of the molecule is CCCCCCCCCCCCCCC(=O)N[C@H](CCC(N)=O)C(=O)N[C@@H](CC(N)=O)C(=O)N[C@H](CO)C(=O)N[C@H](CCCCN)C(=O)N[C@@H](CCC(=O)O)C(=O)N[C@H](C(=O)O)[C@@H](C)O. The molecular formula is C42H75N9O14. The number of rotatable bonds is 39. The van der Waals surface area contributed by atoms with E-state index in [1.165, 1.54) is 38.5 Å². The van der Waals surface area contributed by atoms with Crippen molar-refractivity contribution in [2.75, 3.05) is 13.2 Å². The highest BCUT2D eigenvalue weighted by molar-refractivity contribution is 5.98. The van der Waals surface area contributed by atoms with Gasteiger partial charge in [0, 0.05) is 19.3 Å². The molecule has 0 aliphatic heterocycles. The Bertz CT molecular complexity index is 1530. The Labute approximate surface area is 380 Å². The predicted octanol–water partition coefficient (Wildman–Crippen LogP) is -1.42. The minimum Gasteiger partial charge on any atom is -0.481 e. The van der Waals surface area contributed by atoms with Crippen LogP contribution in [0.4, 0.5) is 0 Å². The molecule has 0 bridgehead atoms. The zero-order valence-electron chi connectivity index (χ0n) is 37.9. The predicted molar refractivity (Wildman–Crippen MR) is 236 cm³/mol. The molecule has 0 fully saturated rings. The van der Waals surface area contributed by atoms with E-state index in [1.807, 2.05) is 5.32 Å². The van der Waals surface area contributed by atoms with Crippen LogP contribution in [0.25, 0.3) is 0 Å². The van der Waals surface area contributed by atoms with Crippen molar-refractivity contribution in [2.24, 2.45) is 17.2 Å². The number of carbonyl (C=O) groups is 10. The number of primary amides is 2. The van der Waals surface area contributed by atoms with Gasteiger partial charge in [-0.1, -0.05) is 77.6 Å². The third-order valence-corrected chi connectivity index (χ3v) is 10.3. The summed E-state index contributed by atoms with van der Waals surface area (Å²) in [5.41, 5.74) is 16.2. The van der Waals surface area contributed by atoms with Gasteiger partial charge in [0.05, 0.1) is 19.1 Å². The molecule has 0 rings (SSSR count). The fourth-order valence-corrected chi connectivity index (χ4v) is 6.58. The lowest BCUT2D eigenvalue weighted by Gasteiger charge is -2.27. The van der Waals surface area contributed by atoms with E-state index >= 15 is 0 Å². The lowest BCUT2D eigenvalue weighted by Crippen LogP contribution is -2.60. The van der Waals surface area contributed by atoms with Gasteiger partial charge >= 0.3 is 11.9 Å². The van der Waals surface area contributed by atoms with Gasteiger partial charge in [0.2, 0.25) is 47.3 Å². The van der Waals surface area contributed by atoms with Crippen molar-refractivity contribution in [3.05, 3.63) is 0 Å². The Morgan fingerprint density at radius 3 is 1.38 bits per heavy atom. The number of carboxylic acids is 2. The zero-order chi connectivity index (χ0) is 49.3. The number of aliphatic hydroxyl groups is 2. The molecule has 0 aromatic heterocycles. The second-order valence-electron chi connectivity index (χ2n) is 16.1. The van der Waals surface area contributed by atoms with Crippen LogP contribution in [0, 0.1) is 0 Å². The number of nitrogens with one attached hydrogen (secondary N) is 6. The maximum atomic E-state index is 13.5. The number of hydrogen-bond acceptors (Lipinski definition) is 13. The molecule has 0 spiro atoms. The first-order chi connectivity index (χ1) is 30.8. The quantitative estimate of drug-likeness (QED) is 0.0315. The van der Waals surface area contributed by atoms with Gasteiger partial charge in [-0.05, 0) is 52.0 Å². The summed E-state index contributed by atoms with van der Waals surface area (Å²) in [7, 11) is 0. The van der Waals surface area contributed by atoms with Crippen molar-refractivity contribution in [3.8, 4) is 0 Å². The lowest BCUT2D eigenvalue weighted by molar-refractivity contribution is -0.145. The fourth-order valence-electron chi connectivity index (χ4n) is 6.58. The molecule has 0 aliphatic carbocycles. The van der Waals surface area contributed by atoms with Crippen LogP contribution in [0.3, 0.4) is 0 Å². The summed E-state index contributed by atoms with van der Waals surface area (Å²) in [6, 6.07) is -9.95. The van der Waals surface area contributed by atoms with Crippen molar-refractivity contribution < 1.29 is 68.4 Å². The van der Waals surface area contributed by atoms with Crippen molar-refractivity contribution in [3.63, 3.8) is 0 Å². The molecule has 0 radical (unpaired) electrons. The number of aliphatic hydroxyl groups excluding tert-OH is 2. The topological polar surface area (TPSA) is 402 Å². The number of carboxylic acid groups (broad SMARTS) is 2. The standard InChI is InChI=1S/C42H75N9O14/c1-3-4-5-6-7-8-9-10-11-12-13-14-18-34(56)46-28(19-21-32(44)54)38(60)49-30(24-33(45)55)40(62)50-31(25-52)41(63)47-27(17-15-16-23-43)37(59)48-29(20-22-35(57)58)39(61)51-36(26(2)53)42(64)65/h26-31,36,52-53H,3-25,43H2,1-2H3,(H2,44,54)(H2,45,55)(H,46,56)(H,47,63)(H,48,59)(H,49,60)(H,50,62)(H,51,61)(H,57,58)(H,64,65)/t26-,27-,28-,29+,30+,31-,36+/m1/s1. The molecule has 0 saturated heterocycles. The van der Waals surface area contributed by atoms with Crippen LogP contribution >= 0.6 is 0 Å². The van der Waals surface area contributed by atoms with E-state index in [2.05, 4.69) is 33.5 Å². The summed E-state index contributed by atoms with van der Waals surface area (Å²) in [4.78, 5) is 126. The summed E-state index contributed by atoms with van der Waals surface area (Å²) in [6.45, 7) is 2.36. The second kappa shape index (κ2) is 34.9. The van der Waals surface area contributed by atoms with E-state index in [-0.39, 0.29) is 38.6 Å². The summed E-state index contributed by atoms with van der Waals surface area (Å²) in [5.74, 6) is -10.9. The molecule has 8 amide bonds. The van der Waals surface area contributed by atoms with Gasteiger partial charge in [-0.15, -0.1) is 0 Å². The first-order valence-electron chi connectivity index (χ1n) is 22.6. The fraction of sp³-hybridized carbons (Fsp3) is 0.762. The van der Waals surface area contributed by atoms with E-state index in [0.717, 1.165) is 39.0 Å². The van der Waals surface area contributed by atoms with E-state index < -0.39 is 127 Å². The van der Waals surface area contributed by atoms with Crippen molar-refractivity contribution in [1.29, 1.82) is 0 Å². The van der Waals surface area contributed by atoms with Gasteiger partial charge < -0.3 is 69.5 Å². The Kier molecular flexibility index (Phi) is 32.0. The van der Waals surface area contributed by atoms with E-state index in [9.17, 15) is 68.4 Å². The summed E-state index contributed by atoms with van der Waals surface area (Å²) < 4.78 is 0. The molecule has 0 heterocycles. The Balaban J connectivity index is 5.85. The molecule has 0 aromatic rings. The van der Waals surface area contributed by atoms with Crippen molar-refractivity contribution >= 4 is 59.2 Å². The highest BCUT2D eigenvalue weighted by Crippen LogP contribution is 2.13. The third-order valence-electron chi connectivity index (χ3n) is 10.3. The number of carbonyl (C=O) groups excluding carboxylic acids is 8. The highest BCUT2D eigenvalue weighted by atomic mass is 16.4. The van der Waals surface area contributed by atoms with Gasteiger partial charge in [0.1, 0.15) is 30.2 Å². The number of aliphatic carboxylic acids is 2. The number of amides is 8. The van der Waals surface area contributed by atoms with Gasteiger partial charge in [0.25, 0.3) is 0 Å². The number of hydrogen-bond donors (Lipinski definition) is 13. The molecule has 0 aromatic carbocycles. The molecule has 16 N–H and O–H groups in total. The molecule has 0 saturated carbocycles. The van der Waals surface area contributed by atoms with Gasteiger partial charge in [-0.2, -0.15) is 0 Å². The van der Waals surface area contributed by atoms with Crippen LogP contribution in [0.1, 0.15) is 149 Å². The van der Waals surface area contributed by atoms with Crippen LogP contribution in [-0.2, 0) is 47.9 Å². The first-order valence-corrected chi connectivity index (χ1v) is 22.6. The molecule has 23 heteroatoms. The molecule has 65 heavy (non-hydrogen) atoms. The third kappa shape index (κ3) is 28.2. The van der Waals surface area contributed by atoms with E-state index in [1.54, 1.807) is 0 Å². The van der Waals surface area contributed by atoms with Gasteiger partial charge in [-0.3, -0.25) is 43.2 Å². The monoisotopic (exact) mass is 930 g/mol. The molecule has 0 aliphatic rings. The summed E-state index contributed by atoms with van der Waals surface area (Å²) in [6.07, 6.45) is 9.36. The molecular weight excluding hydrogens is 855 g/mol. The Hall–Kier alpha value is -5.42. The number of nitrogens with two attached hydrogens (primary N) is 3. The smallest absolute Gasteiger partial charge is 0.328 e. The Morgan fingerprint density at radius 2 is 0.923 bits per heavy atom. The normalized spacial score (nSPS) is 14.2. The van der Waals surface area contributed by atoms with E-state index in [4.69, 9.17) is 17.2 Å². The van der Waals surface area contributed by atoms with E-state index in [0.29, 0.717) is 12.8 Å². The zero-order valence-corrected chi connectivity index (χ0v) is 37.9. The minimum atomic E-state index is -1.83. The average Bonchev–Trinajstić information content (AvgIpc) is 3.23. The first kappa shape index (κ1) is 59.6. The summed E-state index contributed by atoms with van der Waals surface area (Å²) in [5, 5.41) is 52.1. The molecule has 7 atom stereocenters. The van der Waals surface area contributed by atoms with Crippen LogP contribution in [-0.4, -0.2) is 135 Å². The second-order valence-corrected chi connectivity index (χ2v) is 16.1. The van der Waals surface area contributed by atoms with Crippen molar-refractivity contribution in [2.45, 2.75) is 191 Å². The lowest BCUT2D eigenvalue weighted by atomic mass is 10.0. The molecule has 0 unspecified atom stereocenters. The molecule has 372 valence electrons. The van der Waals surface area contributed by atoms with Gasteiger partial charge in [0.15, 0.2) is 6.04 Å². The largest absolute Gasteiger partial charge is 0.481 e. The number of unbranched alkanes of at least 4 members (excludes halogenated alkanes) is 12. The van der Waals surface area contributed by atoms with Crippen LogP contribution in [0.5, 0.6) is 0 Å².